The number of hydrogen-bond donors (Lipinski definition) is 1. The maximum absolute atomic E-state index is 12.2. The van der Waals surface area contributed by atoms with Crippen LogP contribution in [0.4, 0.5) is 5.69 Å². The molecule has 9 heteroatoms. The van der Waals surface area contributed by atoms with Crippen LogP contribution in [0.5, 0.6) is 0 Å². The van der Waals surface area contributed by atoms with Crippen molar-refractivity contribution < 1.29 is 23.9 Å². The van der Waals surface area contributed by atoms with Crippen molar-refractivity contribution in [3.8, 4) is 0 Å². The molecule has 1 heterocycles. The predicted octanol–water partition coefficient (Wildman–Crippen LogP) is 2.40. The van der Waals surface area contributed by atoms with Crippen LogP contribution in [0.3, 0.4) is 0 Å². The molecule has 138 valence electrons. The summed E-state index contributed by atoms with van der Waals surface area (Å²) >= 11 is 2.18. The van der Waals surface area contributed by atoms with Gasteiger partial charge >= 0.3 is 11.9 Å². The molecule has 26 heavy (non-hydrogen) atoms. The maximum atomic E-state index is 12.2. The lowest BCUT2D eigenvalue weighted by Gasteiger charge is -2.09. The summed E-state index contributed by atoms with van der Waals surface area (Å²) in [5.41, 5.74) is 1.50. The van der Waals surface area contributed by atoms with Crippen molar-refractivity contribution in [2.24, 2.45) is 0 Å². The van der Waals surface area contributed by atoms with Crippen molar-refractivity contribution in [3.05, 3.63) is 44.8 Å². The number of halogens is 1. The standard InChI is InChI=1S/C17H18IN3O5/c1-10-14(18)9-21(20-10)5-4-15(22)19-13-7-11(16(23)25-2)6-12(8-13)17(24)26-3/h6-9H,4-5H2,1-3H3,(H,19,22). The Morgan fingerprint density at radius 2 is 1.69 bits per heavy atom. The quantitative estimate of drug-likeness (QED) is 0.513. The lowest BCUT2D eigenvalue weighted by molar-refractivity contribution is -0.116. The van der Waals surface area contributed by atoms with Gasteiger partial charge in [-0.2, -0.15) is 5.10 Å². The third kappa shape index (κ3) is 5.04. The van der Waals surface area contributed by atoms with Crippen molar-refractivity contribution in [3.63, 3.8) is 0 Å². The molecule has 0 bridgehead atoms. The number of esters is 2. The van der Waals surface area contributed by atoms with Crippen LogP contribution in [0.1, 0.15) is 32.8 Å². The van der Waals surface area contributed by atoms with Crippen LogP contribution < -0.4 is 5.32 Å². The number of rotatable bonds is 6. The zero-order chi connectivity index (χ0) is 19.3. The minimum absolute atomic E-state index is 0.142. The Balaban J connectivity index is 2.12. The summed E-state index contributed by atoms with van der Waals surface area (Å²) in [5, 5.41) is 6.97. The van der Waals surface area contributed by atoms with Gasteiger partial charge in [0.1, 0.15) is 0 Å². The van der Waals surface area contributed by atoms with E-state index in [1.54, 1.807) is 4.68 Å². The first-order valence-corrected chi connectivity index (χ1v) is 8.73. The van der Waals surface area contributed by atoms with Gasteiger partial charge < -0.3 is 14.8 Å². The van der Waals surface area contributed by atoms with Gasteiger partial charge in [-0.25, -0.2) is 9.59 Å². The number of nitrogens with zero attached hydrogens (tertiary/aromatic N) is 2. The van der Waals surface area contributed by atoms with Gasteiger partial charge in [-0.05, 0) is 47.7 Å². The van der Waals surface area contributed by atoms with Crippen molar-refractivity contribution >= 4 is 46.1 Å². The van der Waals surface area contributed by atoms with Crippen LogP contribution in [0, 0.1) is 10.5 Å². The molecule has 1 N–H and O–H groups in total. The van der Waals surface area contributed by atoms with E-state index in [-0.39, 0.29) is 23.5 Å². The summed E-state index contributed by atoms with van der Waals surface area (Å²) in [4.78, 5) is 35.7. The van der Waals surface area contributed by atoms with Crippen LogP contribution in [0.25, 0.3) is 0 Å². The number of amides is 1. The smallest absolute Gasteiger partial charge is 0.337 e. The number of nitrogens with one attached hydrogen (secondary N) is 1. The number of ether oxygens (including phenoxy) is 2. The number of benzene rings is 1. The Kier molecular flexibility index (Phi) is 6.72. The molecule has 1 aromatic heterocycles. The maximum Gasteiger partial charge on any atom is 0.337 e. The molecule has 0 saturated heterocycles. The van der Waals surface area contributed by atoms with Crippen molar-refractivity contribution in [1.82, 2.24) is 9.78 Å². The highest BCUT2D eigenvalue weighted by molar-refractivity contribution is 14.1. The van der Waals surface area contributed by atoms with Gasteiger partial charge in [0.15, 0.2) is 0 Å². The summed E-state index contributed by atoms with van der Waals surface area (Å²) in [6.45, 7) is 2.31. The lowest BCUT2D eigenvalue weighted by atomic mass is 10.1. The molecule has 0 aliphatic carbocycles. The molecule has 0 aliphatic rings. The number of anilines is 1. The molecular weight excluding hydrogens is 453 g/mol. The summed E-state index contributed by atoms with van der Waals surface area (Å²) < 4.78 is 12.1. The van der Waals surface area contributed by atoms with E-state index in [2.05, 4.69) is 42.5 Å². The van der Waals surface area contributed by atoms with Crippen LogP contribution in [-0.4, -0.2) is 41.8 Å². The SMILES string of the molecule is COC(=O)c1cc(NC(=O)CCn2cc(I)c(C)n2)cc(C(=O)OC)c1. The van der Waals surface area contributed by atoms with E-state index in [1.807, 2.05) is 13.1 Å². The third-order valence-corrected chi connectivity index (χ3v) is 4.57. The Bertz CT molecular complexity index is 793. The minimum Gasteiger partial charge on any atom is -0.465 e. The molecule has 0 radical (unpaired) electrons. The number of aryl methyl sites for hydroxylation is 2. The van der Waals surface area contributed by atoms with Crippen LogP contribution in [0.2, 0.25) is 0 Å². The molecule has 1 aromatic carbocycles. The predicted molar refractivity (Wildman–Crippen MR) is 102 cm³/mol. The Morgan fingerprint density at radius 1 is 1.12 bits per heavy atom. The number of hydrogen-bond acceptors (Lipinski definition) is 6. The molecule has 0 saturated carbocycles. The van der Waals surface area contributed by atoms with Gasteiger partial charge in [0.05, 0.1) is 34.6 Å². The Labute approximate surface area is 164 Å². The van der Waals surface area contributed by atoms with E-state index in [1.165, 1.54) is 32.4 Å². The van der Waals surface area contributed by atoms with Crippen molar-refractivity contribution in [2.45, 2.75) is 19.9 Å². The average Bonchev–Trinajstić information content (AvgIpc) is 2.96. The number of aromatic nitrogens is 2. The van der Waals surface area contributed by atoms with Crippen LogP contribution >= 0.6 is 22.6 Å². The number of methoxy groups -OCH3 is 2. The lowest BCUT2D eigenvalue weighted by Crippen LogP contribution is -2.16. The summed E-state index contributed by atoms with van der Waals surface area (Å²) in [5.74, 6) is -1.51. The third-order valence-electron chi connectivity index (χ3n) is 3.51. The van der Waals surface area contributed by atoms with E-state index in [9.17, 15) is 14.4 Å². The Hall–Kier alpha value is -2.43. The Morgan fingerprint density at radius 3 is 2.15 bits per heavy atom. The second-order valence-corrected chi connectivity index (χ2v) is 6.57. The van der Waals surface area contributed by atoms with Crippen molar-refractivity contribution in [1.29, 1.82) is 0 Å². The molecule has 1 amide bonds. The first-order valence-electron chi connectivity index (χ1n) is 7.65. The second-order valence-electron chi connectivity index (χ2n) is 5.41. The van der Waals surface area contributed by atoms with Crippen molar-refractivity contribution in [2.75, 3.05) is 19.5 Å². The average molecular weight is 471 g/mol. The highest BCUT2D eigenvalue weighted by atomic mass is 127. The summed E-state index contributed by atoms with van der Waals surface area (Å²) in [6.07, 6.45) is 2.05. The highest BCUT2D eigenvalue weighted by Gasteiger charge is 2.15. The molecular formula is C17H18IN3O5. The molecule has 0 spiro atoms. The largest absolute Gasteiger partial charge is 0.465 e. The molecule has 0 unspecified atom stereocenters. The fraction of sp³-hybridized carbons (Fsp3) is 0.294. The van der Waals surface area contributed by atoms with Crippen LogP contribution in [0.15, 0.2) is 24.4 Å². The zero-order valence-electron chi connectivity index (χ0n) is 14.5. The molecule has 2 aromatic rings. The number of carbonyl (C=O) groups excluding carboxylic acids is 3. The number of carbonyl (C=O) groups is 3. The molecule has 0 fully saturated rings. The fourth-order valence-corrected chi connectivity index (χ4v) is 2.65. The highest BCUT2D eigenvalue weighted by Crippen LogP contribution is 2.17. The molecule has 8 nitrogen and oxygen atoms in total. The topological polar surface area (TPSA) is 99.5 Å². The summed E-state index contributed by atoms with van der Waals surface area (Å²) in [6, 6.07) is 4.23. The van der Waals surface area contributed by atoms with E-state index in [0.29, 0.717) is 12.2 Å². The van der Waals surface area contributed by atoms with Gasteiger partial charge in [0, 0.05) is 24.8 Å². The molecule has 2 rings (SSSR count). The van der Waals surface area contributed by atoms with Crippen LogP contribution in [-0.2, 0) is 20.8 Å². The summed E-state index contributed by atoms with van der Waals surface area (Å²) in [7, 11) is 2.47. The van der Waals surface area contributed by atoms with Gasteiger partial charge in [-0.15, -0.1) is 0 Å². The fourth-order valence-electron chi connectivity index (χ4n) is 2.22. The van der Waals surface area contributed by atoms with Gasteiger partial charge in [-0.1, -0.05) is 0 Å². The van der Waals surface area contributed by atoms with E-state index >= 15 is 0 Å². The second kappa shape index (κ2) is 8.79. The van der Waals surface area contributed by atoms with Gasteiger partial charge in [0.25, 0.3) is 0 Å². The normalized spacial score (nSPS) is 10.3. The first kappa shape index (κ1) is 19.9. The first-order chi connectivity index (χ1) is 12.3. The van der Waals surface area contributed by atoms with Gasteiger partial charge in [-0.3, -0.25) is 9.48 Å². The minimum atomic E-state index is -0.618. The molecule has 0 aliphatic heterocycles. The van der Waals surface area contributed by atoms with E-state index < -0.39 is 11.9 Å². The van der Waals surface area contributed by atoms with Gasteiger partial charge in [0.2, 0.25) is 5.91 Å². The zero-order valence-corrected chi connectivity index (χ0v) is 16.7. The van der Waals surface area contributed by atoms with E-state index in [0.717, 1.165) is 9.26 Å². The monoisotopic (exact) mass is 471 g/mol. The van der Waals surface area contributed by atoms with E-state index in [4.69, 9.17) is 0 Å². The molecule has 0 atom stereocenters.